The fourth-order valence-electron chi connectivity index (χ4n) is 5.18. The Morgan fingerprint density at radius 2 is 1.18 bits per heavy atom. The summed E-state index contributed by atoms with van der Waals surface area (Å²) >= 11 is 0. The van der Waals surface area contributed by atoms with Gasteiger partial charge in [0.1, 0.15) is 11.2 Å². The molecule has 40 heavy (non-hydrogen) atoms. The molecule has 6 nitrogen and oxygen atoms in total. The Morgan fingerprint density at radius 3 is 1.65 bits per heavy atom. The van der Waals surface area contributed by atoms with Crippen LogP contribution in [-0.2, 0) is 35.3 Å². The van der Waals surface area contributed by atoms with E-state index in [9.17, 15) is 21.6 Å². The topological polar surface area (TPSA) is 94.6 Å². The number of carbonyl (C=O) groups is 1. The highest BCUT2D eigenvalue weighted by Crippen LogP contribution is 2.50. The minimum absolute atomic E-state index is 0.141. The van der Waals surface area contributed by atoms with Crippen molar-refractivity contribution >= 4 is 25.6 Å². The Labute approximate surface area is 235 Å². The molecule has 0 fully saturated rings. The lowest BCUT2D eigenvalue weighted by Crippen LogP contribution is -2.43. The first-order valence-corrected chi connectivity index (χ1v) is 16.0. The summed E-state index contributed by atoms with van der Waals surface area (Å²) in [4.78, 5) is 13.7. The van der Waals surface area contributed by atoms with Crippen LogP contribution in [0.2, 0.25) is 0 Å². The molecule has 0 bridgehead atoms. The van der Waals surface area contributed by atoms with E-state index in [4.69, 9.17) is 4.74 Å². The minimum atomic E-state index is -4.50. The van der Waals surface area contributed by atoms with E-state index >= 15 is 0 Å². The fraction of sp³-hybridized carbons (Fsp3) is 0.219. The Bertz CT molecular complexity index is 1690. The number of esters is 1. The van der Waals surface area contributed by atoms with Crippen molar-refractivity contribution in [3.63, 3.8) is 0 Å². The molecule has 0 N–H and O–H groups in total. The molecule has 0 aromatic heterocycles. The summed E-state index contributed by atoms with van der Waals surface area (Å²) in [6.45, 7) is 6.08. The molecule has 5 rings (SSSR count). The van der Waals surface area contributed by atoms with E-state index in [1.807, 2.05) is 32.9 Å². The summed E-state index contributed by atoms with van der Waals surface area (Å²) in [5, 5.41) is 0. The zero-order valence-corrected chi connectivity index (χ0v) is 24.1. The number of rotatable bonds is 7. The highest BCUT2D eigenvalue weighted by Gasteiger charge is 2.56. The summed E-state index contributed by atoms with van der Waals surface area (Å²) in [5.74, 6) is -0.425. The summed E-state index contributed by atoms with van der Waals surface area (Å²) in [7, 11) is -9.00. The average Bonchev–Trinajstić information content (AvgIpc) is 3.23. The molecule has 1 heterocycles. The number of ether oxygens (including phenoxy) is 1. The molecule has 0 saturated carbocycles. The van der Waals surface area contributed by atoms with Gasteiger partial charge >= 0.3 is 5.97 Å². The summed E-state index contributed by atoms with van der Waals surface area (Å²) in [6.07, 6.45) is -0.565. The second-order valence-corrected chi connectivity index (χ2v) is 15.5. The van der Waals surface area contributed by atoms with Crippen molar-refractivity contribution in [3.05, 3.63) is 126 Å². The molecule has 1 aliphatic rings. The number of carbonyl (C=O) groups excluding carboxylic acids is 1. The van der Waals surface area contributed by atoms with E-state index in [0.717, 1.165) is 5.56 Å². The van der Waals surface area contributed by atoms with Crippen molar-refractivity contribution in [2.45, 2.75) is 52.4 Å². The SMILES string of the molecule is CC(C)(C)c1ccc2c(c1)[C@@](CC(S(=O)(=O)c1ccccc1)S(=O)(=O)c1ccccc1)(c1ccccc1)C(=O)O2. The van der Waals surface area contributed by atoms with Crippen molar-refractivity contribution in [3.8, 4) is 5.75 Å². The van der Waals surface area contributed by atoms with Gasteiger partial charge in [-0.1, -0.05) is 99.6 Å². The third-order valence-corrected chi connectivity index (χ3v) is 12.5. The minimum Gasteiger partial charge on any atom is -0.425 e. The lowest BCUT2D eigenvalue weighted by Gasteiger charge is -2.31. The largest absolute Gasteiger partial charge is 0.425 e. The lowest BCUT2D eigenvalue weighted by molar-refractivity contribution is -0.137. The quantitative estimate of drug-likeness (QED) is 0.203. The third-order valence-electron chi connectivity index (χ3n) is 7.43. The van der Waals surface area contributed by atoms with Crippen LogP contribution in [0.5, 0.6) is 5.75 Å². The summed E-state index contributed by atoms with van der Waals surface area (Å²) in [6, 6.07) is 29.1. The molecule has 0 saturated heterocycles. The monoisotopic (exact) mass is 574 g/mol. The molecule has 206 valence electrons. The Kier molecular flexibility index (Phi) is 6.96. The Balaban J connectivity index is 1.81. The second kappa shape index (κ2) is 10.0. The highest BCUT2D eigenvalue weighted by atomic mass is 32.3. The van der Waals surface area contributed by atoms with Crippen LogP contribution >= 0.6 is 0 Å². The molecule has 0 amide bonds. The van der Waals surface area contributed by atoms with Crippen LogP contribution in [0.3, 0.4) is 0 Å². The van der Waals surface area contributed by atoms with Gasteiger partial charge in [-0.15, -0.1) is 0 Å². The molecule has 1 atom stereocenters. The highest BCUT2D eigenvalue weighted by molar-refractivity contribution is 8.09. The normalized spacial score (nSPS) is 17.4. The van der Waals surface area contributed by atoms with Gasteiger partial charge in [-0.05, 0) is 46.9 Å². The van der Waals surface area contributed by atoms with Crippen molar-refractivity contribution in [2.75, 3.05) is 0 Å². The molecule has 8 heteroatoms. The number of hydrogen-bond acceptors (Lipinski definition) is 6. The van der Waals surface area contributed by atoms with Crippen LogP contribution in [0.1, 0.15) is 43.9 Å². The zero-order valence-electron chi connectivity index (χ0n) is 22.4. The molecule has 1 aliphatic heterocycles. The molecule has 4 aromatic rings. The van der Waals surface area contributed by atoms with Crippen LogP contribution < -0.4 is 4.74 Å². The first-order chi connectivity index (χ1) is 18.9. The molecular formula is C32H30O6S2. The number of benzene rings is 4. The van der Waals surface area contributed by atoms with Gasteiger partial charge in [0.2, 0.25) is 0 Å². The zero-order chi connectivity index (χ0) is 28.8. The van der Waals surface area contributed by atoms with E-state index in [2.05, 4.69) is 0 Å². The smallest absolute Gasteiger partial charge is 0.326 e. The third kappa shape index (κ3) is 4.65. The van der Waals surface area contributed by atoms with Crippen LogP contribution in [0.25, 0.3) is 0 Å². The van der Waals surface area contributed by atoms with E-state index in [1.165, 1.54) is 24.3 Å². The molecular weight excluding hydrogens is 544 g/mol. The predicted octanol–water partition coefficient (Wildman–Crippen LogP) is 5.85. The first kappa shape index (κ1) is 27.8. The fourth-order valence-corrected chi connectivity index (χ4v) is 9.80. The standard InChI is InChI=1S/C32H30O6S2/c1-31(2,3)24-19-20-28-27(21-24)32(30(33)38-28,23-13-7-4-8-14-23)22-29(39(34,35)25-15-9-5-10-16-25)40(36,37)26-17-11-6-12-18-26/h4-21,29H,22H2,1-3H3/t32-/m1/s1. The number of fused-ring (bicyclic) bond motifs is 1. The van der Waals surface area contributed by atoms with Gasteiger partial charge in [0.05, 0.1) is 9.79 Å². The number of sulfone groups is 2. The molecule has 0 radical (unpaired) electrons. The predicted molar refractivity (Wildman–Crippen MR) is 154 cm³/mol. The van der Waals surface area contributed by atoms with Gasteiger partial charge in [-0.3, -0.25) is 4.79 Å². The maximum atomic E-state index is 14.2. The van der Waals surface area contributed by atoms with Crippen LogP contribution in [0.4, 0.5) is 0 Å². The molecule has 0 spiro atoms. The summed E-state index contributed by atoms with van der Waals surface area (Å²) < 4.78 is 60.7. The Hall–Kier alpha value is -3.75. The first-order valence-electron chi connectivity index (χ1n) is 12.9. The van der Waals surface area contributed by atoms with Gasteiger partial charge in [0.15, 0.2) is 24.3 Å². The molecule has 0 aliphatic carbocycles. The van der Waals surface area contributed by atoms with E-state index in [-0.39, 0.29) is 21.0 Å². The van der Waals surface area contributed by atoms with Gasteiger partial charge in [0.25, 0.3) is 0 Å². The van der Waals surface area contributed by atoms with Gasteiger partial charge in [-0.25, -0.2) is 16.8 Å². The van der Waals surface area contributed by atoms with Crippen molar-refractivity contribution < 1.29 is 26.4 Å². The van der Waals surface area contributed by atoms with E-state index in [1.54, 1.807) is 72.8 Å². The van der Waals surface area contributed by atoms with Crippen LogP contribution in [0, 0.1) is 0 Å². The Morgan fingerprint density at radius 1 is 0.700 bits per heavy atom. The maximum Gasteiger partial charge on any atom is 0.326 e. The maximum absolute atomic E-state index is 14.2. The van der Waals surface area contributed by atoms with Crippen molar-refractivity contribution in [1.29, 1.82) is 0 Å². The van der Waals surface area contributed by atoms with Crippen LogP contribution in [-0.4, -0.2) is 27.4 Å². The lowest BCUT2D eigenvalue weighted by atomic mass is 9.72. The van der Waals surface area contributed by atoms with E-state index < -0.39 is 42.1 Å². The van der Waals surface area contributed by atoms with Crippen molar-refractivity contribution in [2.24, 2.45) is 0 Å². The molecule has 4 aromatic carbocycles. The van der Waals surface area contributed by atoms with Gasteiger partial charge < -0.3 is 4.74 Å². The molecule has 0 unspecified atom stereocenters. The van der Waals surface area contributed by atoms with Crippen molar-refractivity contribution in [1.82, 2.24) is 0 Å². The summed E-state index contributed by atoms with van der Waals surface area (Å²) in [5.41, 5.74) is -0.173. The second-order valence-electron chi connectivity index (χ2n) is 11.0. The van der Waals surface area contributed by atoms with Gasteiger partial charge in [-0.2, -0.15) is 0 Å². The number of hydrogen-bond donors (Lipinski definition) is 0. The van der Waals surface area contributed by atoms with E-state index in [0.29, 0.717) is 11.1 Å². The van der Waals surface area contributed by atoms with Crippen LogP contribution in [0.15, 0.2) is 119 Å². The average molecular weight is 575 g/mol. The van der Waals surface area contributed by atoms with Gasteiger partial charge in [0, 0.05) is 12.0 Å².